The second-order valence-corrected chi connectivity index (χ2v) is 11.1. The van der Waals surface area contributed by atoms with Crippen LogP contribution in [0.4, 0.5) is 0 Å². The zero-order valence-corrected chi connectivity index (χ0v) is 21.9. The summed E-state index contributed by atoms with van der Waals surface area (Å²) in [5, 5.41) is 22.1. The van der Waals surface area contributed by atoms with Gasteiger partial charge in [-0.3, -0.25) is 0 Å². The number of aliphatic hydroxyl groups excluding tert-OH is 2. The molecular formula is C28H37NO8. The Hall–Kier alpha value is -2.46. The molecule has 0 unspecified atom stereocenters. The summed E-state index contributed by atoms with van der Waals surface area (Å²) in [5.74, 6) is -2.49. The first-order chi connectivity index (χ1) is 17.6. The number of methoxy groups -OCH3 is 1. The monoisotopic (exact) mass is 515 g/mol. The predicted molar refractivity (Wildman–Crippen MR) is 132 cm³/mol. The van der Waals surface area contributed by atoms with E-state index in [1.54, 1.807) is 25.3 Å². The number of esters is 2. The van der Waals surface area contributed by atoms with Gasteiger partial charge in [0.2, 0.25) is 0 Å². The van der Waals surface area contributed by atoms with E-state index in [1.165, 1.54) is 7.11 Å². The molecule has 2 fully saturated rings. The minimum atomic E-state index is -0.933. The maximum Gasteiger partial charge on any atom is 0.355 e. The molecule has 37 heavy (non-hydrogen) atoms. The normalized spacial score (nSPS) is 45.3. The predicted octanol–water partition coefficient (Wildman–Crippen LogP) is 2.40. The second-order valence-electron chi connectivity index (χ2n) is 11.1. The van der Waals surface area contributed by atoms with E-state index in [0.29, 0.717) is 5.69 Å². The van der Waals surface area contributed by atoms with Crippen LogP contribution in [-0.2, 0) is 23.7 Å². The second kappa shape index (κ2) is 9.69. The van der Waals surface area contributed by atoms with Crippen molar-refractivity contribution in [1.82, 2.24) is 4.98 Å². The van der Waals surface area contributed by atoms with Crippen molar-refractivity contribution >= 4 is 11.9 Å². The van der Waals surface area contributed by atoms with Gasteiger partial charge in [0.1, 0.15) is 29.6 Å². The summed E-state index contributed by atoms with van der Waals surface area (Å²) in [6.45, 7) is 7.35. The average molecular weight is 516 g/mol. The van der Waals surface area contributed by atoms with Crippen LogP contribution in [0.5, 0.6) is 0 Å². The zero-order valence-electron chi connectivity index (χ0n) is 21.9. The fourth-order valence-corrected chi connectivity index (χ4v) is 7.14. The average Bonchev–Trinajstić information content (AvgIpc) is 3.46. The third kappa shape index (κ3) is 4.07. The lowest BCUT2D eigenvalue weighted by Gasteiger charge is -2.48. The Morgan fingerprint density at radius 1 is 1.30 bits per heavy atom. The highest BCUT2D eigenvalue weighted by molar-refractivity contribution is 5.87. The van der Waals surface area contributed by atoms with Gasteiger partial charge in [-0.15, -0.1) is 0 Å². The van der Waals surface area contributed by atoms with Crippen molar-refractivity contribution in [2.75, 3.05) is 7.11 Å². The molecule has 0 aromatic carbocycles. The number of hydrogen-bond acceptors (Lipinski definition) is 8. The van der Waals surface area contributed by atoms with Crippen molar-refractivity contribution in [1.29, 1.82) is 0 Å². The summed E-state index contributed by atoms with van der Waals surface area (Å²) in [5.41, 5.74) is 0.301. The van der Waals surface area contributed by atoms with Gasteiger partial charge in [0, 0.05) is 42.9 Å². The molecule has 3 N–H and O–H groups in total. The van der Waals surface area contributed by atoms with Crippen molar-refractivity contribution in [2.45, 2.75) is 76.3 Å². The molecule has 2 aliphatic heterocycles. The van der Waals surface area contributed by atoms with Crippen molar-refractivity contribution in [2.24, 2.45) is 29.6 Å². The van der Waals surface area contributed by atoms with Gasteiger partial charge in [-0.05, 0) is 38.0 Å². The van der Waals surface area contributed by atoms with Crippen molar-refractivity contribution in [3.8, 4) is 0 Å². The highest BCUT2D eigenvalue weighted by Crippen LogP contribution is 2.61. The van der Waals surface area contributed by atoms with Gasteiger partial charge in [0.15, 0.2) is 6.10 Å². The number of nitrogens with one attached hydrogen (secondary N) is 1. The van der Waals surface area contributed by atoms with E-state index < -0.39 is 54.2 Å². The number of carbonyl (C=O) groups is 2. The molecule has 4 bridgehead atoms. The smallest absolute Gasteiger partial charge is 0.355 e. The number of cyclic esters (lactones) is 1. The lowest BCUT2D eigenvalue weighted by molar-refractivity contribution is -0.172. The fraction of sp³-hybridized carbons (Fsp3) is 0.643. The van der Waals surface area contributed by atoms with Gasteiger partial charge in [-0.25, -0.2) is 9.59 Å². The zero-order chi connectivity index (χ0) is 26.6. The van der Waals surface area contributed by atoms with Crippen LogP contribution in [0.3, 0.4) is 0 Å². The van der Waals surface area contributed by atoms with Crippen LogP contribution in [0.1, 0.15) is 44.6 Å². The molecule has 202 valence electrons. The Kier molecular flexibility index (Phi) is 6.85. The largest absolute Gasteiger partial charge is 0.457 e. The van der Waals surface area contributed by atoms with Gasteiger partial charge in [0.05, 0.1) is 12.2 Å². The van der Waals surface area contributed by atoms with Crippen LogP contribution >= 0.6 is 0 Å². The Labute approximate surface area is 216 Å². The molecular weight excluding hydrogens is 478 g/mol. The Bertz CT molecular complexity index is 1080. The molecule has 9 heteroatoms. The summed E-state index contributed by atoms with van der Waals surface area (Å²) in [6.07, 6.45) is 3.53. The molecule has 1 saturated heterocycles. The first kappa shape index (κ1) is 26.2. The molecule has 12 atom stereocenters. The summed E-state index contributed by atoms with van der Waals surface area (Å²) in [7, 11) is 1.46. The molecule has 1 aromatic rings. The van der Waals surface area contributed by atoms with Crippen LogP contribution in [0.2, 0.25) is 0 Å². The summed E-state index contributed by atoms with van der Waals surface area (Å²) in [4.78, 5) is 28.8. The van der Waals surface area contributed by atoms with E-state index in [9.17, 15) is 19.8 Å². The third-order valence-corrected chi connectivity index (χ3v) is 8.94. The van der Waals surface area contributed by atoms with Crippen LogP contribution in [0, 0.1) is 29.6 Å². The number of aromatic amines is 1. The van der Waals surface area contributed by atoms with E-state index in [-0.39, 0.29) is 36.0 Å². The van der Waals surface area contributed by atoms with Crippen LogP contribution in [0.15, 0.2) is 42.1 Å². The quantitative estimate of drug-likeness (QED) is 0.412. The molecule has 2 aliphatic carbocycles. The topological polar surface area (TPSA) is 127 Å². The minimum absolute atomic E-state index is 0.175. The van der Waals surface area contributed by atoms with E-state index in [2.05, 4.69) is 4.98 Å². The first-order valence-electron chi connectivity index (χ1n) is 13.1. The number of ether oxygens (including phenoxy) is 4. The molecule has 9 nitrogen and oxygen atoms in total. The fourth-order valence-electron chi connectivity index (χ4n) is 7.14. The highest BCUT2D eigenvalue weighted by Gasteiger charge is 2.69. The van der Waals surface area contributed by atoms with E-state index >= 15 is 0 Å². The highest BCUT2D eigenvalue weighted by atomic mass is 16.6. The Morgan fingerprint density at radius 3 is 2.70 bits per heavy atom. The van der Waals surface area contributed by atoms with Gasteiger partial charge in [-0.1, -0.05) is 32.1 Å². The molecule has 1 aromatic heterocycles. The molecule has 4 aliphatic rings. The molecule has 0 radical (unpaired) electrons. The van der Waals surface area contributed by atoms with Gasteiger partial charge < -0.3 is 34.1 Å². The standard InChI is InChI=1S/C28H37NO8/c1-13-11-14(2)28-17(12-20(34-5)27(33)35-23(13)16(4)30)8-9-18-21(28)22(31)15(3)24(25(18)37-28)36-26(32)19-7-6-10-29-19/h6-11,13,15-18,20-25,29-31H,12H2,1-5H3/b14-11-/t13-,15-,16-,17-,18-,20+,21+,22-,23+,24-,25+,28+/m1/s1. The van der Waals surface area contributed by atoms with Gasteiger partial charge in [0.25, 0.3) is 0 Å². The molecule has 1 saturated carbocycles. The maximum absolute atomic E-state index is 13.1. The number of hydrogen-bond donors (Lipinski definition) is 3. The third-order valence-electron chi connectivity index (χ3n) is 8.94. The lowest BCUT2D eigenvalue weighted by Crippen LogP contribution is -2.57. The van der Waals surface area contributed by atoms with Crippen LogP contribution in [-0.4, -0.2) is 76.5 Å². The number of H-pyrrole nitrogens is 1. The molecule has 1 spiro atoms. The van der Waals surface area contributed by atoms with Crippen LogP contribution in [0.25, 0.3) is 0 Å². The molecule has 5 rings (SSSR count). The summed E-state index contributed by atoms with van der Waals surface area (Å²) < 4.78 is 24.2. The Morgan fingerprint density at radius 2 is 2.05 bits per heavy atom. The van der Waals surface area contributed by atoms with Gasteiger partial charge in [-0.2, -0.15) is 0 Å². The van der Waals surface area contributed by atoms with E-state index in [1.807, 2.05) is 39.0 Å². The van der Waals surface area contributed by atoms with Crippen molar-refractivity contribution < 1.29 is 38.7 Å². The first-order valence-corrected chi connectivity index (χ1v) is 13.1. The minimum Gasteiger partial charge on any atom is -0.457 e. The molecule has 3 heterocycles. The lowest BCUT2D eigenvalue weighted by atomic mass is 9.57. The van der Waals surface area contributed by atoms with Crippen molar-refractivity contribution in [3.05, 3.63) is 47.8 Å². The number of aliphatic hydroxyl groups is 2. The van der Waals surface area contributed by atoms with Crippen molar-refractivity contribution in [3.63, 3.8) is 0 Å². The number of aromatic nitrogens is 1. The number of rotatable bonds is 4. The van der Waals surface area contributed by atoms with E-state index in [0.717, 1.165) is 5.57 Å². The summed E-state index contributed by atoms with van der Waals surface area (Å²) in [6, 6.07) is 3.37. The SMILES string of the molecule is CO[C@H]1C[C@H]2C=C[C@H]3[C@@H]4O[C@]2(/C(C)=C\[C@@H](C)[C@@H]([C@@H](C)O)OC1=O)[C@@H]3[C@H](O)[C@@H](C)[C@H]4OC(=O)c1ccc[nH]1. The van der Waals surface area contributed by atoms with Crippen LogP contribution < -0.4 is 0 Å². The molecule has 0 amide bonds. The van der Waals surface area contributed by atoms with Gasteiger partial charge >= 0.3 is 11.9 Å². The number of carbonyl (C=O) groups excluding carboxylic acids is 2. The summed E-state index contributed by atoms with van der Waals surface area (Å²) >= 11 is 0. The van der Waals surface area contributed by atoms with E-state index in [4.69, 9.17) is 18.9 Å². The maximum atomic E-state index is 13.1. The Balaban J connectivity index is 1.58.